The van der Waals surface area contributed by atoms with E-state index in [9.17, 15) is 0 Å². The van der Waals surface area contributed by atoms with Crippen molar-refractivity contribution in [2.45, 2.75) is 51.4 Å². The first-order chi connectivity index (χ1) is 6.95. The predicted molar refractivity (Wildman–Crippen MR) is 70.0 cm³/mol. The van der Waals surface area contributed by atoms with Gasteiger partial charge < -0.3 is 5.32 Å². The molecule has 2 aliphatic rings. The molecule has 2 rings (SSSR count). The number of nitrogens with one attached hydrogen (secondary N) is 1. The van der Waals surface area contributed by atoms with Crippen LogP contribution in [0.2, 0.25) is 25.7 Å². The van der Waals surface area contributed by atoms with Gasteiger partial charge in [-0.25, -0.2) is 0 Å². The van der Waals surface area contributed by atoms with Gasteiger partial charge in [-0.2, -0.15) is 0 Å². The van der Waals surface area contributed by atoms with Crippen LogP contribution in [0.15, 0.2) is 0 Å². The summed E-state index contributed by atoms with van der Waals surface area (Å²) in [6, 6.07) is 1.54. The molecule has 0 spiro atoms. The normalized spacial score (nSPS) is 40.0. The highest BCUT2D eigenvalue weighted by Crippen LogP contribution is 2.58. The number of hydrogen-bond donors (Lipinski definition) is 1. The van der Waals surface area contributed by atoms with Crippen molar-refractivity contribution in [2.24, 2.45) is 17.3 Å². The molecular formula is C13H27NSi. The van der Waals surface area contributed by atoms with Gasteiger partial charge in [-0.15, -0.1) is 0 Å². The maximum atomic E-state index is 3.48. The maximum Gasteiger partial charge on any atom is 0.0448 e. The van der Waals surface area contributed by atoms with Crippen LogP contribution in [-0.4, -0.2) is 21.7 Å². The third kappa shape index (κ3) is 2.31. The van der Waals surface area contributed by atoms with Crippen molar-refractivity contribution in [1.82, 2.24) is 5.32 Å². The molecule has 0 heterocycles. The second-order valence-electron chi connectivity index (χ2n) is 7.21. The van der Waals surface area contributed by atoms with E-state index in [1.54, 1.807) is 12.5 Å². The van der Waals surface area contributed by atoms with Crippen LogP contribution in [0.3, 0.4) is 0 Å². The lowest BCUT2D eigenvalue weighted by Crippen LogP contribution is -2.42. The zero-order valence-corrected chi connectivity index (χ0v) is 11.9. The van der Waals surface area contributed by atoms with Crippen molar-refractivity contribution in [3.05, 3.63) is 0 Å². The first-order valence-electron chi connectivity index (χ1n) is 6.60. The van der Waals surface area contributed by atoms with Gasteiger partial charge in [-0.1, -0.05) is 32.1 Å². The van der Waals surface area contributed by atoms with E-state index < -0.39 is 8.07 Å². The minimum atomic E-state index is -0.909. The zero-order valence-electron chi connectivity index (χ0n) is 10.9. The molecular weight excluding hydrogens is 198 g/mol. The van der Waals surface area contributed by atoms with Gasteiger partial charge in [0.2, 0.25) is 0 Å². The number of fused-ring (bicyclic) bond motifs is 2. The Hall–Kier alpha value is 0.177. The SMILES string of the molecule is CNCC1(C[Si](C)(C)C)CC2CCC1C2. The topological polar surface area (TPSA) is 12.0 Å². The van der Waals surface area contributed by atoms with Gasteiger partial charge in [0, 0.05) is 14.6 Å². The van der Waals surface area contributed by atoms with Gasteiger partial charge in [0.25, 0.3) is 0 Å². The fourth-order valence-electron chi connectivity index (χ4n) is 4.46. The van der Waals surface area contributed by atoms with Crippen LogP contribution < -0.4 is 5.32 Å². The summed E-state index contributed by atoms with van der Waals surface area (Å²) < 4.78 is 0. The van der Waals surface area contributed by atoms with Crippen LogP contribution in [0.4, 0.5) is 0 Å². The Morgan fingerprint density at radius 3 is 2.40 bits per heavy atom. The van der Waals surface area contributed by atoms with E-state index in [2.05, 4.69) is 32.0 Å². The summed E-state index contributed by atoms with van der Waals surface area (Å²) in [7, 11) is 1.23. The molecule has 15 heavy (non-hydrogen) atoms. The Kier molecular flexibility index (Phi) is 3.02. The van der Waals surface area contributed by atoms with Gasteiger partial charge in [0.1, 0.15) is 0 Å². The van der Waals surface area contributed by atoms with Crippen LogP contribution in [0.25, 0.3) is 0 Å². The molecule has 0 aliphatic heterocycles. The van der Waals surface area contributed by atoms with Crippen molar-refractivity contribution in [3.8, 4) is 0 Å². The molecule has 2 saturated carbocycles. The maximum absolute atomic E-state index is 3.48. The van der Waals surface area contributed by atoms with Crippen molar-refractivity contribution >= 4 is 8.07 Å². The van der Waals surface area contributed by atoms with Gasteiger partial charge >= 0.3 is 0 Å². The summed E-state index contributed by atoms with van der Waals surface area (Å²) in [5.41, 5.74) is 0.697. The largest absolute Gasteiger partial charge is 0.319 e. The minimum absolute atomic E-state index is 0.697. The Bertz CT molecular complexity index is 233. The van der Waals surface area contributed by atoms with Gasteiger partial charge in [-0.3, -0.25) is 0 Å². The second kappa shape index (κ2) is 3.88. The molecule has 1 nitrogen and oxygen atoms in total. The van der Waals surface area contributed by atoms with E-state index in [-0.39, 0.29) is 0 Å². The molecule has 1 N–H and O–H groups in total. The number of hydrogen-bond acceptors (Lipinski definition) is 1. The molecule has 0 amide bonds. The summed E-state index contributed by atoms with van der Waals surface area (Å²) in [6.07, 6.45) is 6.13. The summed E-state index contributed by atoms with van der Waals surface area (Å²) in [5, 5.41) is 3.48. The molecule has 0 aromatic rings. The monoisotopic (exact) mass is 225 g/mol. The van der Waals surface area contributed by atoms with Gasteiger partial charge in [0.05, 0.1) is 0 Å². The lowest BCUT2D eigenvalue weighted by atomic mass is 9.74. The standard InChI is InChI=1S/C13H27NSi/c1-14-9-13(10-15(2,3)4)8-11-5-6-12(13)7-11/h11-12,14H,5-10H2,1-4H3. The average Bonchev–Trinajstić information content (AvgIpc) is 2.60. The molecule has 0 saturated heterocycles. The van der Waals surface area contributed by atoms with Crippen LogP contribution in [-0.2, 0) is 0 Å². The van der Waals surface area contributed by atoms with Gasteiger partial charge in [-0.05, 0) is 43.6 Å². The molecule has 0 aromatic heterocycles. The lowest BCUT2D eigenvalue weighted by Gasteiger charge is -2.41. The van der Waals surface area contributed by atoms with Crippen LogP contribution >= 0.6 is 0 Å². The fraction of sp³-hybridized carbons (Fsp3) is 1.00. The first-order valence-corrected chi connectivity index (χ1v) is 10.3. The zero-order chi connectivity index (χ0) is 11.1. The predicted octanol–water partition coefficient (Wildman–Crippen LogP) is 3.35. The minimum Gasteiger partial charge on any atom is -0.319 e. The van der Waals surface area contributed by atoms with Gasteiger partial charge in [0.15, 0.2) is 0 Å². The average molecular weight is 225 g/mol. The Morgan fingerprint density at radius 1 is 1.27 bits per heavy atom. The molecule has 88 valence electrons. The molecule has 3 unspecified atom stereocenters. The highest BCUT2D eigenvalue weighted by atomic mass is 28.3. The molecule has 2 fully saturated rings. The van der Waals surface area contributed by atoms with Crippen LogP contribution in [0.1, 0.15) is 25.7 Å². The Morgan fingerprint density at radius 2 is 2.00 bits per heavy atom. The van der Waals surface area contributed by atoms with E-state index in [1.807, 2.05) is 0 Å². The van der Waals surface area contributed by atoms with Crippen LogP contribution in [0.5, 0.6) is 0 Å². The summed E-state index contributed by atoms with van der Waals surface area (Å²) in [4.78, 5) is 0. The molecule has 2 aliphatic carbocycles. The molecule has 2 heteroatoms. The van der Waals surface area contributed by atoms with Crippen molar-refractivity contribution in [2.75, 3.05) is 13.6 Å². The Balaban J connectivity index is 2.11. The quantitative estimate of drug-likeness (QED) is 0.724. The molecule has 3 atom stereocenters. The molecule has 0 aromatic carbocycles. The highest BCUT2D eigenvalue weighted by molar-refractivity contribution is 6.76. The lowest BCUT2D eigenvalue weighted by molar-refractivity contribution is 0.185. The third-order valence-corrected chi connectivity index (χ3v) is 6.28. The number of rotatable bonds is 4. The van der Waals surface area contributed by atoms with E-state index in [1.165, 1.54) is 25.8 Å². The summed E-state index contributed by atoms with van der Waals surface area (Å²) >= 11 is 0. The highest BCUT2D eigenvalue weighted by Gasteiger charge is 2.51. The smallest absolute Gasteiger partial charge is 0.0448 e. The fourth-order valence-corrected chi connectivity index (χ4v) is 7.13. The molecule has 2 bridgehead atoms. The second-order valence-corrected chi connectivity index (χ2v) is 12.7. The summed E-state index contributed by atoms with van der Waals surface area (Å²) in [6.45, 7) is 8.89. The van der Waals surface area contributed by atoms with E-state index in [0.717, 1.165) is 11.8 Å². The van der Waals surface area contributed by atoms with Crippen LogP contribution in [0, 0.1) is 17.3 Å². The van der Waals surface area contributed by atoms with E-state index in [0.29, 0.717) is 5.41 Å². The Labute approximate surface area is 96.0 Å². The van der Waals surface area contributed by atoms with E-state index in [4.69, 9.17) is 0 Å². The van der Waals surface area contributed by atoms with E-state index >= 15 is 0 Å². The summed E-state index contributed by atoms with van der Waals surface area (Å²) in [5.74, 6) is 2.14. The molecule has 0 radical (unpaired) electrons. The van der Waals surface area contributed by atoms with Crippen molar-refractivity contribution in [1.29, 1.82) is 0 Å². The first kappa shape index (κ1) is 11.7. The van der Waals surface area contributed by atoms with Crippen molar-refractivity contribution in [3.63, 3.8) is 0 Å². The third-order valence-electron chi connectivity index (χ3n) is 4.51. The van der Waals surface area contributed by atoms with Crippen molar-refractivity contribution < 1.29 is 0 Å².